The zero-order valence-electron chi connectivity index (χ0n) is 11.1. The monoisotopic (exact) mass is 329 g/mol. The van der Waals surface area contributed by atoms with Gasteiger partial charge >= 0.3 is 0 Å². The SMILES string of the molecule is COc1cc(Cl)c(C)cc1NCc1ccc(Cl)cc1Cl. The van der Waals surface area contributed by atoms with E-state index in [-0.39, 0.29) is 0 Å². The van der Waals surface area contributed by atoms with Gasteiger partial charge in [0.25, 0.3) is 0 Å². The summed E-state index contributed by atoms with van der Waals surface area (Å²) < 4.78 is 5.32. The van der Waals surface area contributed by atoms with Crippen molar-refractivity contribution < 1.29 is 4.74 Å². The smallest absolute Gasteiger partial charge is 0.143 e. The van der Waals surface area contributed by atoms with Crippen LogP contribution in [-0.2, 0) is 6.54 Å². The van der Waals surface area contributed by atoms with Crippen LogP contribution in [0, 0.1) is 6.92 Å². The highest BCUT2D eigenvalue weighted by Crippen LogP contribution is 2.31. The zero-order valence-corrected chi connectivity index (χ0v) is 13.4. The molecule has 2 aromatic rings. The van der Waals surface area contributed by atoms with Gasteiger partial charge in [0.2, 0.25) is 0 Å². The van der Waals surface area contributed by atoms with Gasteiger partial charge in [0.05, 0.1) is 12.8 Å². The Kier molecular flexibility index (Phi) is 5.03. The summed E-state index contributed by atoms with van der Waals surface area (Å²) in [6, 6.07) is 9.18. The van der Waals surface area contributed by atoms with Crippen LogP contribution in [0.4, 0.5) is 5.69 Å². The van der Waals surface area contributed by atoms with Crippen molar-refractivity contribution in [1.82, 2.24) is 0 Å². The molecule has 0 fully saturated rings. The van der Waals surface area contributed by atoms with Gasteiger partial charge in [0.15, 0.2) is 0 Å². The Morgan fingerprint density at radius 2 is 1.80 bits per heavy atom. The van der Waals surface area contributed by atoms with Crippen LogP contribution < -0.4 is 10.1 Å². The van der Waals surface area contributed by atoms with E-state index in [1.54, 1.807) is 19.2 Å². The Morgan fingerprint density at radius 1 is 1.05 bits per heavy atom. The minimum Gasteiger partial charge on any atom is -0.495 e. The standard InChI is InChI=1S/C15H14Cl3NO/c1-9-5-14(15(20-2)7-12(9)17)19-8-10-3-4-11(16)6-13(10)18/h3-7,19H,8H2,1-2H3. The second kappa shape index (κ2) is 6.57. The molecule has 0 aliphatic carbocycles. The van der Waals surface area contributed by atoms with E-state index in [4.69, 9.17) is 39.5 Å². The van der Waals surface area contributed by atoms with E-state index >= 15 is 0 Å². The molecule has 0 spiro atoms. The van der Waals surface area contributed by atoms with Gasteiger partial charge in [-0.3, -0.25) is 0 Å². The molecule has 2 rings (SSSR count). The lowest BCUT2D eigenvalue weighted by Gasteiger charge is -2.14. The minimum atomic E-state index is 0.577. The van der Waals surface area contributed by atoms with Crippen molar-refractivity contribution in [2.75, 3.05) is 12.4 Å². The molecule has 0 saturated carbocycles. The fraction of sp³-hybridized carbons (Fsp3) is 0.200. The number of benzene rings is 2. The number of aryl methyl sites for hydroxylation is 1. The second-order valence-electron chi connectivity index (χ2n) is 4.39. The largest absolute Gasteiger partial charge is 0.495 e. The maximum absolute atomic E-state index is 6.15. The molecule has 2 nitrogen and oxygen atoms in total. The average Bonchev–Trinajstić information content (AvgIpc) is 2.41. The van der Waals surface area contributed by atoms with Crippen LogP contribution in [0.15, 0.2) is 30.3 Å². The molecular weight excluding hydrogens is 317 g/mol. The Morgan fingerprint density at radius 3 is 2.45 bits per heavy atom. The number of halogens is 3. The van der Waals surface area contributed by atoms with Gasteiger partial charge in [-0.1, -0.05) is 40.9 Å². The predicted molar refractivity (Wildman–Crippen MR) is 86.5 cm³/mol. The second-order valence-corrected chi connectivity index (χ2v) is 5.64. The molecule has 1 N–H and O–H groups in total. The highest BCUT2D eigenvalue weighted by Gasteiger charge is 2.08. The van der Waals surface area contributed by atoms with Gasteiger partial charge in [0, 0.05) is 27.7 Å². The lowest BCUT2D eigenvalue weighted by Crippen LogP contribution is -2.02. The molecule has 0 bridgehead atoms. The van der Waals surface area contributed by atoms with Crippen LogP contribution in [0.3, 0.4) is 0 Å². The Bertz CT molecular complexity index is 629. The van der Waals surface area contributed by atoms with Crippen LogP contribution in [0.5, 0.6) is 5.75 Å². The van der Waals surface area contributed by atoms with Gasteiger partial charge in [-0.25, -0.2) is 0 Å². The van der Waals surface area contributed by atoms with E-state index in [9.17, 15) is 0 Å². The highest BCUT2D eigenvalue weighted by atomic mass is 35.5. The van der Waals surface area contributed by atoms with Crippen molar-refractivity contribution >= 4 is 40.5 Å². The molecule has 0 unspecified atom stereocenters. The van der Waals surface area contributed by atoms with Crippen LogP contribution in [-0.4, -0.2) is 7.11 Å². The van der Waals surface area contributed by atoms with Crippen molar-refractivity contribution in [2.45, 2.75) is 13.5 Å². The molecule has 0 saturated heterocycles. The van der Waals surface area contributed by atoms with Crippen LogP contribution >= 0.6 is 34.8 Å². The maximum Gasteiger partial charge on any atom is 0.143 e. The average molecular weight is 331 g/mol. The number of methoxy groups -OCH3 is 1. The van der Waals surface area contributed by atoms with E-state index in [0.29, 0.717) is 27.4 Å². The number of anilines is 1. The van der Waals surface area contributed by atoms with E-state index in [1.807, 2.05) is 25.1 Å². The number of ether oxygens (including phenoxy) is 1. The quantitative estimate of drug-likeness (QED) is 0.790. The first-order valence-electron chi connectivity index (χ1n) is 6.03. The first-order chi connectivity index (χ1) is 9.51. The van der Waals surface area contributed by atoms with Crippen molar-refractivity contribution in [3.05, 3.63) is 56.5 Å². The lowest BCUT2D eigenvalue weighted by molar-refractivity contribution is 0.416. The van der Waals surface area contributed by atoms with Gasteiger partial charge in [0.1, 0.15) is 5.75 Å². The normalized spacial score (nSPS) is 10.4. The molecule has 0 atom stereocenters. The van der Waals surface area contributed by atoms with Crippen LogP contribution in [0.2, 0.25) is 15.1 Å². The highest BCUT2D eigenvalue weighted by molar-refractivity contribution is 6.35. The Balaban J connectivity index is 2.20. The summed E-state index contributed by atoms with van der Waals surface area (Å²) in [5, 5.41) is 5.23. The fourth-order valence-electron chi connectivity index (χ4n) is 1.83. The first-order valence-corrected chi connectivity index (χ1v) is 7.16. The third-order valence-electron chi connectivity index (χ3n) is 2.97. The van der Waals surface area contributed by atoms with Crippen molar-refractivity contribution in [3.8, 4) is 5.75 Å². The molecule has 0 amide bonds. The molecule has 0 aliphatic heterocycles. The van der Waals surface area contributed by atoms with Crippen LogP contribution in [0.25, 0.3) is 0 Å². The fourth-order valence-corrected chi connectivity index (χ4v) is 2.45. The molecule has 106 valence electrons. The topological polar surface area (TPSA) is 21.3 Å². The van der Waals surface area contributed by atoms with E-state index in [1.165, 1.54) is 0 Å². The third-order valence-corrected chi connectivity index (χ3v) is 3.96. The minimum absolute atomic E-state index is 0.577. The van der Waals surface area contributed by atoms with Crippen molar-refractivity contribution in [3.63, 3.8) is 0 Å². The summed E-state index contributed by atoms with van der Waals surface area (Å²) in [6.45, 7) is 2.52. The van der Waals surface area contributed by atoms with Gasteiger partial charge in [-0.15, -0.1) is 0 Å². The summed E-state index contributed by atoms with van der Waals surface area (Å²) in [7, 11) is 1.61. The Hall–Kier alpha value is -1.09. The summed E-state index contributed by atoms with van der Waals surface area (Å²) in [5.74, 6) is 0.700. The van der Waals surface area contributed by atoms with E-state index < -0.39 is 0 Å². The summed E-state index contributed by atoms with van der Waals surface area (Å²) in [4.78, 5) is 0. The molecule has 5 heteroatoms. The van der Waals surface area contributed by atoms with Crippen molar-refractivity contribution in [1.29, 1.82) is 0 Å². The molecule has 0 heterocycles. The maximum atomic E-state index is 6.15. The molecule has 0 aromatic heterocycles. The lowest BCUT2D eigenvalue weighted by atomic mass is 10.2. The van der Waals surface area contributed by atoms with Gasteiger partial charge < -0.3 is 10.1 Å². The number of hydrogen-bond donors (Lipinski definition) is 1. The molecular formula is C15H14Cl3NO. The first kappa shape index (κ1) is 15.3. The van der Waals surface area contributed by atoms with E-state index in [2.05, 4.69) is 5.32 Å². The van der Waals surface area contributed by atoms with Gasteiger partial charge in [-0.05, 0) is 36.2 Å². The van der Waals surface area contributed by atoms with E-state index in [0.717, 1.165) is 16.8 Å². The number of rotatable bonds is 4. The van der Waals surface area contributed by atoms with Crippen LogP contribution in [0.1, 0.15) is 11.1 Å². The summed E-state index contributed by atoms with van der Waals surface area (Å²) in [6.07, 6.45) is 0. The summed E-state index contributed by atoms with van der Waals surface area (Å²) >= 11 is 18.1. The zero-order chi connectivity index (χ0) is 14.7. The Labute approximate surface area is 133 Å². The molecule has 0 aliphatic rings. The van der Waals surface area contributed by atoms with Gasteiger partial charge in [-0.2, -0.15) is 0 Å². The third kappa shape index (κ3) is 3.51. The molecule has 0 radical (unpaired) electrons. The molecule has 2 aromatic carbocycles. The number of hydrogen-bond acceptors (Lipinski definition) is 2. The van der Waals surface area contributed by atoms with Crippen molar-refractivity contribution in [2.24, 2.45) is 0 Å². The molecule has 20 heavy (non-hydrogen) atoms. The predicted octanol–water partition coefficient (Wildman–Crippen LogP) is 5.58. The number of nitrogens with one attached hydrogen (secondary N) is 1. The summed E-state index contributed by atoms with van der Waals surface area (Å²) in [5.41, 5.74) is 2.82.